The molecule has 24 heavy (non-hydrogen) atoms. The minimum atomic E-state index is 0.281. The summed E-state index contributed by atoms with van der Waals surface area (Å²) < 4.78 is 5.92. The van der Waals surface area contributed by atoms with Gasteiger partial charge in [-0.1, -0.05) is 23.7 Å². The van der Waals surface area contributed by atoms with Gasteiger partial charge < -0.3 is 4.74 Å². The van der Waals surface area contributed by atoms with E-state index in [0.29, 0.717) is 17.5 Å². The van der Waals surface area contributed by atoms with Crippen molar-refractivity contribution >= 4 is 22.5 Å². The van der Waals surface area contributed by atoms with Gasteiger partial charge in [-0.3, -0.25) is 4.98 Å². The van der Waals surface area contributed by atoms with E-state index in [1.165, 1.54) is 0 Å². The molecule has 4 aromatic rings. The number of pyridine rings is 2. The van der Waals surface area contributed by atoms with Crippen molar-refractivity contribution in [1.82, 2.24) is 19.9 Å². The first-order chi connectivity index (χ1) is 11.8. The molecule has 3 heterocycles. The standard InChI is InChI=1S/C18H11ClN4O/c19-16-15(8-4-10-21-16)24-18-13-6-1-2-7-14(13)22-17(23-18)12-5-3-9-20-11-12/h1-11H. The monoisotopic (exact) mass is 334 g/mol. The van der Waals surface area contributed by atoms with Crippen LogP contribution in [-0.4, -0.2) is 19.9 Å². The molecule has 0 atom stereocenters. The summed E-state index contributed by atoms with van der Waals surface area (Å²) in [6.45, 7) is 0. The summed E-state index contributed by atoms with van der Waals surface area (Å²) in [7, 11) is 0. The number of nitrogens with zero attached hydrogens (tertiary/aromatic N) is 4. The van der Waals surface area contributed by atoms with Crippen LogP contribution in [0.5, 0.6) is 11.6 Å². The summed E-state index contributed by atoms with van der Waals surface area (Å²) >= 11 is 6.09. The van der Waals surface area contributed by atoms with Crippen LogP contribution >= 0.6 is 11.6 Å². The number of halogens is 1. The van der Waals surface area contributed by atoms with Crippen LogP contribution in [0.1, 0.15) is 0 Å². The Morgan fingerprint density at radius 3 is 2.58 bits per heavy atom. The lowest BCUT2D eigenvalue weighted by atomic mass is 10.2. The molecular formula is C18H11ClN4O. The average molecular weight is 335 g/mol. The second-order valence-corrected chi connectivity index (χ2v) is 5.36. The molecule has 0 bridgehead atoms. The van der Waals surface area contributed by atoms with E-state index in [1.54, 1.807) is 30.7 Å². The van der Waals surface area contributed by atoms with Gasteiger partial charge in [-0.2, -0.15) is 4.98 Å². The number of hydrogen-bond acceptors (Lipinski definition) is 5. The molecular weight excluding hydrogens is 324 g/mol. The molecule has 0 spiro atoms. The fraction of sp³-hybridized carbons (Fsp3) is 0. The fourth-order valence-electron chi connectivity index (χ4n) is 2.30. The van der Waals surface area contributed by atoms with Crippen LogP contribution in [-0.2, 0) is 0 Å². The van der Waals surface area contributed by atoms with E-state index in [4.69, 9.17) is 16.3 Å². The predicted molar refractivity (Wildman–Crippen MR) is 92.1 cm³/mol. The molecule has 0 saturated carbocycles. The Labute approximate surface area is 143 Å². The molecule has 6 heteroatoms. The van der Waals surface area contributed by atoms with Gasteiger partial charge in [-0.15, -0.1) is 0 Å². The Morgan fingerprint density at radius 2 is 1.75 bits per heavy atom. The first-order valence-corrected chi connectivity index (χ1v) is 7.64. The lowest BCUT2D eigenvalue weighted by Crippen LogP contribution is -1.97. The molecule has 3 aromatic heterocycles. The van der Waals surface area contributed by atoms with E-state index >= 15 is 0 Å². The topological polar surface area (TPSA) is 60.8 Å². The maximum atomic E-state index is 6.09. The van der Waals surface area contributed by atoms with Crippen molar-refractivity contribution in [3.05, 3.63) is 72.3 Å². The summed E-state index contributed by atoms with van der Waals surface area (Å²) in [5.41, 5.74) is 1.59. The van der Waals surface area contributed by atoms with E-state index in [0.717, 1.165) is 16.5 Å². The molecule has 0 aliphatic heterocycles. The van der Waals surface area contributed by atoms with E-state index < -0.39 is 0 Å². The molecule has 0 aliphatic carbocycles. The highest BCUT2D eigenvalue weighted by atomic mass is 35.5. The third-order valence-electron chi connectivity index (χ3n) is 3.42. The summed E-state index contributed by atoms with van der Waals surface area (Å²) in [6, 6.07) is 14.9. The number of para-hydroxylation sites is 1. The predicted octanol–water partition coefficient (Wildman–Crippen LogP) is 4.53. The first-order valence-electron chi connectivity index (χ1n) is 7.27. The van der Waals surface area contributed by atoms with Crippen LogP contribution < -0.4 is 4.74 Å². The van der Waals surface area contributed by atoms with Crippen LogP contribution in [0.4, 0.5) is 0 Å². The van der Waals surface area contributed by atoms with Gasteiger partial charge in [0.25, 0.3) is 0 Å². The molecule has 116 valence electrons. The molecule has 5 nitrogen and oxygen atoms in total. The molecule has 0 fully saturated rings. The zero-order chi connectivity index (χ0) is 16.4. The van der Waals surface area contributed by atoms with E-state index in [2.05, 4.69) is 19.9 Å². The molecule has 0 aliphatic rings. The Balaban J connectivity index is 1.88. The zero-order valence-electron chi connectivity index (χ0n) is 12.4. The minimum Gasteiger partial charge on any atom is -0.435 e. The smallest absolute Gasteiger partial charge is 0.230 e. The Morgan fingerprint density at radius 1 is 0.875 bits per heavy atom. The van der Waals surface area contributed by atoms with E-state index in [1.807, 2.05) is 36.4 Å². The summed E-state index contributed by atoms with van der Waals surface area (Å²) in [5, 5.41) is 1.08. The van der Waals surface area contributed by atoms with Crippen molar-refractivity contribution in [3.63, 3.8) is 0 Å². The highest BCUT2D eigenvalue weighted by Crippen LogP contribution is 2.32. The van der Waals surface area contributed by atoms with Crippen LogP contribution in [0.15, 0.2) is 67.1 Å². The summed E-state index contributed by atoms with van der Waals surface area (Å²) in [5.74, 6) is 1.41. The van der Waals surface area contributed by atoms with Gasteiger partial charge in [0.15, 0.2) is 16.7 Å². The lowest BCUT2D eigenvalue weighted by Gasteiger charge is -2.10. The fourth-order valence-corrected chi connectivity index (χ4v) is 2.46. The van der Waals surface area contributed by atoms with Gasteiger partial charge in [-0.25, -0.2) is 9.97 Å². The number of ether oxygens (including phenoxy) is 1. The number of benzene rings is 1. The first kappa shape index (κ1) is 14.5. The zero-order valence-corrected chi connectivity index (χ0v) is 13.2. The van der Waals surface area contributed by atoms with Crippen LogP contribution in [0, 0.1) is 0 Å². The van der Waals surface area contributed by atoms with Crippen molar-refractivity contribution in [2.45, 2.75) is 0 Å². The number of aromatic nitrogens is 4. The largest absolute Gasteiger partial charge is 0.435 e. The van der Waals surface area contributed by atoms with E-state index in [-0.39, 0.29) is 5.15 Å². The van der Waals surface area contributed by atoms with Gasteiger partial charge in [0.2, 0.25) is 5.88 Å². The van der Waals surface area contributed by atoms with Gasteiger partial charge in [0.1, 0.15) is 0 Å². The average Bonchev–Trinajstić information content (AvgIpc) is 2.64. The van der Waals surface area contributed by atoms with E-state index in [9.17, 15) is 0 Å². The molecule has 0 amide bonds. The molecule has 0 radical (unpaired) electrons. The molecule has 1 aromatic carbocycles. The van der Waals surface area contributed by atoms with Crippen molar-refractivity contribution in [2.75, 3.05) is 0 Å². The lowest BCUT2D eigenvalue weighted by molar-refractivity contribution is 0.467. The maximum Gasteiger partial charge on any atom is 0.230 e. The van der Waals surface area contributed by atoms with Crippen molar-refractivity contribution in [1.29, 1.82) is 0 Å². The third kappa shape index (κ3) is 2.77. The normalized spacial score (nSPS) is 10.7. The molecule has 4 rings (SSSR count). The Kier molecular flexibility index (Phi) is 3.76. The highest BCUT2D eigenvalue weighted by Gasteiger charge is 2.12. The number of rotatable bonds is 3. The third-order valence-corrected chi connectivity index (χ3v) is 3.70. The SMILES string of the molecule is Clc1ncccc1Oc1nc(-c2cccnc2)nc2ccccc12. The van der Waals surface area contributed by atoms with Crippen LogP contribution in [0.2, 0.25) is 5.15 Å². The summed E-state index contributed by atoms with van der Waals surface area (Å²) in [6.07, 6.45) is 5.02. The van der Waals surface area contributed by atoms with Crippen molar-refractivity contribution < 1.29 is 4.74 Å². The van der Waals surface area contributed by atoms with Crippen molar-refractivity contribution in [2.24, 2.45) is 0 Å². The van der Waals surface area contributed by atoms with Crippen molar-refractivity contribution in [3.8, 4) is 23.0 Å². The van der Waals surface area contributed by atoms with Gasteiger partial charge in [0.05, 0.1) is 10.9 Å². The van der Waals surface area contributed by atoms with Gasteiger partial charge in [-0.05, 0) is 36.4 Å². The van der Waals surface area contributed by atoms with Crippen LogP contribution in [0.25, 0.3) is 22.3 Å². The summed E-state index contributed by atoms with van der Waals surface area (Å²) in [4.78, 5) is 17.3. The number of fused-ring (bicyclic) bond motifs is 1. The molecule has 0 unspecified atom stereocenters. The second kappa shape index (κ2) is 6.22. The quantitative estimate of drug-likeness (QED) is 0.515. The Bertz CT molecular complexity index is 1010. The number of hydrogen-bond donors (Lipinski definition) is 0. The molecule has 0 saturated heterocycles. The van der Waals surface area contributed by atoms with Gasteiger partial charge in [0, 0.05) is 24.2 Å². The Hall–Kier alpha value is -3.05. The molecule has 0 N–H and O–H groups in total. The van der Waals surface area contributed by atoms with Crippen LogP contribution in [0.3, 0.4) is 0 Å². The highest BCUT2D eigenvalue weighted by molar-refractivity contribution is 6.30. The minimum absolute atomic E-state index is 0.281. The second-order valence-electron chi connectivity index (χ2n) is 5.01. The maximum absolute atomic E-state index is 6.09. The van der Waals surface area contributed by atoms with Gasteiger partial charge >= 0.3 is 0 Å².